The van der Waals surface area contributed by atoms with Gasteiger partial charge in [0.15, 0.2) is 5.60 Å². The Labute approximate surface area is 198 Å². The Morgan fingerprint density at radius 1 is 1.18 bits per heavy atom. The number of hydrogen-bond acceptors (Lipinski definition) is 5. The second-order valence-corrected chi connectivity index (χ2v) is 9.12. The fourth-order valence-electron chi connectivity index (χ4n) is 4.04. The summed E-state index contributed by atoms with van der Waals surface area (Å²) in [5.74, 6) is -1.80. The Morgan fingerprint density at radius 3 is 2.50 bits per heavy atom. The molecule has 0 bridgehead atoms. The lowest BCUT2D eigenvalue weighted by Gasteiger charge is -2.36. The molecule has 0 fully saturated rings. The van der Waals surface area contributed by atoms with Crippen molar-refractivity contribution in [1.29, 1.82) is 0 Å². The van der Waals surface area contributed by atoms with E-state index in [9.17, 15) is 28.2 Å². The molecule has 34 heavy (non-hydrogen) atoms. The standard InChI is InChI=1S/C25H20ClF3O5/c1-13-9-17-20-14(11-19(30)21(17)25(27,28)29)7-8-24(12-18(13)20,23(2,3)32)34-33-22(31)15-5-4-6-16(26)10-15/h4-12,30,32H,1-3H3. The first-order valence-corrected chi connectivity index (χ1v) is 10.6. The molecule has 0 radical (unpaired) electrons. The van der Waals surface area contributed by atoms with E-state index in [-0.39, 0.29) is 22.3 Å². The summed E-state index contributed by atoms with van der Waals surface area (Å²) in [4.78, 5) is 23.1. The Balaban J connectivity index is 1.82. The largest absolute Gasteiger partial charge is 0.507 e. The Hall–Kier alpha value is -3.07. The van der Waals surface area contributed by atoms with Crippen molar-refractivity contribution in [2.45, 2.75) is 38.1 Å². The zero-order valence-corrected chi connectivity index (χ0v) is 19.1. The zero-order chi connectivity index (χ0) is 25.1. The van der Waals surface area contributed by atoms with Crippen LogP contribution < -0.4 is 0 Å². The molecule has 2 aliphatic carbocycles. The number of allylic oxidation sites excluding steroid dienone is 2. The fraction of sp³-hybridized carbons (Fsp3) is 0.240. The van der Waals surface area contributed by atoms with Gasteiger partial charge in [-0.05, 0) is 85.0 Å². The average Bonchev–Trinajstić information content (AvgIpc) is 2.91. The third-order valence-electron chi connectivity index (χ3n) is 5.86. The first kappa shape index (κ1) is 24.1. The molecule has 2 aliphatic rings. The highest BCUT2D eigenvalue weighted by atomic mass is 35.5. The van der Waals surface area contributed by atoms with Crippen LogP contribution in [0.25, 0.3) is 17.7 Å². The first-order chi connectivity index (χ1) is 15.7. The van der Waals surface area contributed by atoms with Crippen molar-refractivity contribution in [3.63, 3.8) is 0 Å². The number of alkyl halides is 3. The summed E-state index contributed by atoms with van der Waals surface area (Å²) in [7, 11) is 0. The number of carbonyl (C=O) groups is 1. The van der Waals surface area contributed by atoms with Gasteiger partial charge in [-0.25, -0.2) is 4.79 Å². The predicted molar refractivity (Wildman–Crippen MR) is 121 cm³/mol. The number of benzene rings is 2. The second-order valence-electron chi connectivity index (χ2n) is 8.68. The smallest absolute Gasteiger partial charge is 0.420 e. The van der Waals surface area contributed by atoms with E-state index >= 15 is 0 Å². The molecule has 0 saturated heterocycles. The van der Waals surface area contributed by atoms with Crippen LogP contribution in [0.3, 0.4) is 0 Å². The molecule has 2 N–H and O–H groups in total. The van der Waals surface area contributed by atoms with Crippen LogP contribution >= 0.6 is 11.6 Å². The number of hydrogen-bond donors (Lipinski definition) is 2. The van der Waals surface area contributed by atoms with Crippen molar-refractivity contribution in [2.24, 2.45) is 0 Å². The number of rotatable bonds is 4. The van der Waals surface area contributed by atoms with Crippen molar-refractivity contribution in [3.05, 3.63) is 80.9 Å². The molecule has 0 heterocycles. The third kappa shape index (κ3) is 4.02. The molecular weight excluding hydrogens is 473 g/mol. The Morgan fingerprint density at radius 2 is 1.88 bits per heavy atom. The molecule has 178 valence electrons. The van der Waals surface area contributed by atoms with Crippen molar-refractivity contribution in [2.75, 3.05) is 0 Å². The summed E-state index contributed by atoms with van der Waals surface area (Å²) in [6.07, 6.45) is 0.742. The lowest BCUT2D eigenvalue weighted by Crippen LogP contribution is -2.49. The number of halogens is 4. The Kier molecular flexibility index (Phi) is 5.67. The monoisotopic (exact) mass is 492 g/mol. The molecule has 5 nitrogen and oxygen atoms in total. The summed E-state index contributed by atoms with van der Waals surface area (Å²) in [5.41, 5.74) is -3.37. The van der Waals surface area contributed by atoms with Gasteiger partial charge in [0.2, 0.25) is 0 Å². The zero-order valence-electron chi connectivity index (χ0n) is 18.3. The predicted octanol–water partition coefficient (Wildman–Crippen LogP) is 6.19. The van der Waals surface area contributed by atoms with Gasteiger partial charge in [-0.3, -0.25) is 4.89 Å². The summed E-state index contributed by atoms with van der Waals surface area (Å²) in [6.45, 7) is 4.42. The van der Waals surface area contributed by atoms with Crippen LogP contribution in [0.4, 0.5) is 13.2 Å². The molecule has 0 spiro atoms. The SMILES string of the molecule is CC1=Cc2c3c(cc(O)c2C(F)(F)F)C=CC(OOC(=O)c2cccc(Cl)c2)(C(C)(C)O)C=C13. The maximum atomic E-state index is 13.7. The Bertz CT molecular complexity index is 1280. The van der Waals surface area contributed by atoms with Gasteiger partial charge in [-0.1, -0.05) is 29.8 Å². The van der Waals surface area contributed by atoms with Gasteiger partial charge in [0.1, 0.15) is 11.3 Å². The molecule has 1 atom stereocenters. The molecular formula is C25H20ClF3O5. The lowest BCUT2D eigenvalue weighted by molar-refractivity contribution is -0.320. The molecule has 4 rings (SSSR count). The summed E-state index contributed by atoms with van der Waals surface area (Å²) in [6, 6.07) is 6.97. The van der Waals surface area contributed by atoms with Crippen molar-refractivity contribution in [3.8, 4) is 5.75 Å². The van der Waals surface area contributed by atoms with Gasteiger partial charge in [0, 0.05) is 5.02 Å². The topological polar surface area (TPSA) is 76.0 Å². The van der Waals surface area contributed by atoms with Crippen LogP contribution in [0.2, 0.25) is 5.02 Å². The summed E-state index contributed by atoms with van der Waals surface area (Å²) in [5, 5.41) is 21.5. The molecule has 0 aromatic heterocycles. The van der Waals surface area contributed by atoms with Gasteiger partial charge >= 0.3 is 12.1 Å². The van der Waals surface area contributed by atoms with E-state index in [1.54, 1.807) is 19.1 Å². The van der Waals surface area contributed by atoms with Crippen molar-refractivity contribution in [1.82, 2.24) is 0 Å². The van der Waals surface area contributed by atoms with E-state index in [2.05, 4.69) is 0 Å². The molecule has 0 saturated carbocycles. The van der Waals surface area contributed by atoms with E-state index in [0.717, 1.165) is 6.07 Å². The highest BCUT2D eigenvalue weighted by Gasteiger charge is 2.47. The summed E-state index contributed by atoms with van der Waals surface area (Å²) < 4.78 is 41.1. The molecule has 0 amide bonds. The number of carbonyl (C=O) groups excluding carboxylic acids is 1. The highest BCUT2D eigenvalue weighted by molar-refractivity contribution is 6.30. The lowest BCUT2D eigenvalue weighted by atomic mass is 9.83. The second kappa shape index (κ2) is 8.01. The van der Waals surface area contributed by atoms with Gasteiger partial charge < -0.3 is 10.2 Å². The van der Waals surface area contributed by atoms with Gasteiger partial charge in [-0.15, -0.1) is 0 Å². The van der Waals surface area contributed by atoms with Crippen LogP contribution in [-0.4, -0.2) is 27.4 Å². The van der Waals surface area contributed by atoms with E-state index in [1.807, 2.05) is 0 Å². The number of aliphatic hydroxyl groups is 1. The first-order valence-electron chi connectivity index (χ1n) is 10.2. The minimum Gasteiger partial charge on any atom is -0.507 e. The van der Waals surface area contributed by atoms with Crippen LogP contribution in [0.1, 0.15) is 53.4 Å². The average molecular weight is 493 g/mol. The van der Waals surface area contributed by atoms with Crippen LogP contribution in [0.5, 0.6) is 5.75 Å². The van der Waals surface area contributed by atoms with Gasteiger partial charge in [0.05, 0.1) is 11.2 Å². The van der Waals surface area contributed by atoms with Crippen LogP contribution in [-0.2, 0) is 16.0 Å². The van der Waals surface area contributed by atoms with E-state index < -0.39 is 34.7 Å². The number of phenolic OH excluding ortho intramolecular Hbond substituents is 1. The van der Waals surface area contributed by atoms with Crippen molar-refractivity contribution < 1.29 is 38.0 Å². The van der Waals surface area contributed by atoms with Crippen molar-refractivity contribution >= 4 is 35.3 Å². The maximum absolute atomic E-state index is 13.7. The summed E-state index contributed by atoms with van der Waals surface area (Å²) >= 11 is 5.91. The molecule has 9 heteroatoms. The van der Waals surface area contributed by atoms with Gasteiger partial charge in [0.25, 0.3) is 0 Å². The number of phenols is 1. The maximum Gasteiger partial charge on any atom is 0.420 e. The third-order valence-corrected chi connectivity index (χ3v) is 6.09. The fourth-order valence-corrected chi connectivity index (χ4v) is 4.23. The molecule has 2 aromatic rings. The molecule has 1 unspecified atom stereocenters. The minimum atomic E-state index is -4.78. The van der Waals surface area contributed by atoms with E-state index in [4.69, 9.17) is 21.4 Å². The molecule has 0 aliphatic heterocycles. The molecule has 2 aromatic carbocycles. The van der Waals surface area contributed by atoms with E-state index in [0.29, 0.717) is 16.2 Å². The number of aromatic hydroxyl groups is 1. The minimum absolute atomic E-state index is 0.103. The normalized spacial score (nSPS) is 19.3. The van der Waals surface area contributed by atoms with Gasteiger partial charge in [-0.2, -0.15) is 18.1 Å². The highest BCUT2D eigenvalue weighted by Crippen LogP contribution is 2.51. The van der Waals surface area contributed by atoms with Crippen LogP contribution in [0, 0.1) is 0 Å². The van der Waals surface area contributed by atoms with Crippen LogP contribution in [0.15, 0.2) is 48.1 Å². The van der Waals surface area contributed by atoms with E-state index in [1.165, 1.54) is 50.3 Å². The quantitative estimate of drug-likeness (QED) is 0.393.